The standard InChI is InChI=1S/C12H12BrN3O2/c1-6(14)10-15-11(17)9(12(18)16-10)7-2-4-8(13)5-3-7/h2-6,9H,14H2,1H3,(H,15,16,17,18). The molecule has 0 aromatic heterocycles. The average Bonchev–Trinajstić information content (AvgIpc) is 2.30. The van der Waals surface area contributed by atoms with Crippen molar-refractivity contribution >= 4 is 33.6 Å². The van der Waals surface area contributed by atoms with E-state index < -0.39 is 17.9 Å². The molecule has 0 aliphatic carbocycles. The van der Waals surface area contributed by atoms with Crippen molar-refractivity contribution in [1.82, 2.24) is 5.32 Å². The van der Waals surface area contributed by atoms with Gasteiger partial charge >= 0.3 is 0 Å². The Hall–Kier alpha value is -1.53. The van der Waals surface area contributed by atoms with E-state index in [1.807, 2.05) is 0 Å². The molecule has 5 nitrogen and oxygen atoms in total. The smallest absolute Gasteiger partial charge is 0.264 e. The number of amides is 2. The largest absolute Gasteiger partial charge is 0.322 e. The predicted molar refractivity (Wildman–Crippen MR) is 71.1 cm³/mol. The van der Waals surface area contributed by atoms with Crippen LogP contribution in [0.25, 0.3) is 0 Å². The molecule has 1 aromatic carbocycles. The molecule has 1 heterocycles. The topological polar surface area (TPSA) is 84.5 Å². The molecule has 6 heteroatoms. The van der Waals surface area contributed by atoms with Crippen LogP contribution in [0.15, 0.2) is 33.7 Å². The lowest BCUT2D eigenvalue weighted by Crippen LogP contribution is -2.49. The average molecular weight is 310 g/mol. The van der Waals surface area contributed by atoms with Crippen molar-refractivity contribution in [1.29, 1.82) is 0 Å². The first-order chi connectivity index (χ1) is 8.49. The summed E-state index contributed by atoms with van der Waals surface area (Å²) in [7, 11) is 0. The Morgan fingerprint density at radius 2 is 1.94 bits per heavy atom. The summed E-state index contributed by atoms with van der Waals surface area (Å²) in [6.07, 6.45) is 0. The third-order valence-corrected chi connectivity index (χ3v) is 3.15. The number of benzene rings is 1. The lowest BCUT2D eigenvalue weighted by atomic mass is 9.96. The van der Waals surface area contributed by atoms with Crippen LogP contribution >= 0.6 is 15.9 Å². The molecule has 94 valence electrons. The minimum Gasteiger partial charge on any atom is -0.322 e. The Morgan fingerprint density at radius 1 is 1.33 bits per heavy atom. The molecular weight excluding hydrogens is 298 g/mol. The molecule has 1 aliphatic heterocycles. The second kappa shape index (κ2) is 4.99. The van der Waals surface area contributed by atoms with E-state index in [-0.39, 0.29) is 11.7 Å². The van der Waals surface area contributed by atoms with Crippen molar-refractivity contribution in [2.45, 2.75) is 18.9 Å². The van der Waals surface area contributed by atoms with E-state index in [0.717, 1.165) is 4.47 Å². The van der Waals surface area contributed by atoms with Gasteiger partial charge in [-0.1, -0.05) is 28.1 Å². The fraction of sp³-hybridized carbons (Fsp3) is 0.250. The first-order valence-corrected chi connectivity index (χ1v) is 6.22. The molecule has 18 heavy (non-hydrogen) atoms. The van der Waals surface area contributed by atoms with E-state index in [1.54, 1.807) is 31.2 Å². The van der Waals surface area contributed by atoms with Gasteiger partial charge in [0.15, 0.2) is 0 Å². The van der Waals surface area contributed by atoms with Crippen LogP contribution in [-0.2, 0) is 9.59 Å². The molecule has 0 radical (unpaired) electrons. The van der Waals surface area contributed by atoms with Gasteiger partial charge in [-0.3, -0.25) is 9.59 Å². The maximum atomic E-state index is 11.9. The number of rotatable bonds is 2. The number of hydrogen-bond donors (Lipinski definition) is 2. The normalized spacial score (nSPS) is 21.3. The molecule has 0 spiro atoms. The molecule has 0 fully saturated rings. The summed E-state index contributed by atoms with van der Waals surface area (Å²) in [5.74, 6) is -1.53. The van der Waals surface area contributed by atoms with E-state index in [1.165, 1.54) is 0 Å². The molecule has 2 atom stereocenters. The number of nitrogens with zero attached hydrogens (tertiary/aromatic N) is 1. The first kappa shape index (κ1) is 12.9. The Morgan fingerprint density at radius 3 is 2.44 bits per heavy atom. The monoisotopic (exact) mass is 309 g/mol. The highest BCUT2D eigenvalue weighted by Crippen LogP contribution is 2.22. The molecule has 0 saturated carbocycles. The van der Waals surface area contributed by atoms with E-state index in [2.05, 4.69) is 26.2 Å². The Balaban J connectivity index is 2.33. The van der Waals surface area contributed by atoms with Crippen LogP contribution in [-0.4, -0.2) is 23.7 Å². The van der Waals surface area contributed by atoms with Crippen molar-refractivity contribution < 1.29 is 9.59 Å². The number of carbonyl (C=O) groups is 2. The van der Waals surface area contributed by atoms with Crippen LogP contribution in [0.3, 0.4) is 0 Å². The SMILES string of the molecule is CC(N)C1=NC(=O)C(c2ccc(Br)cc2)C(=O)N1. The zero-order valence-electron chi connectivity index (χ0n) is 9.68. The Bertz CT molecular complexity index is 523. The van der Waals surface area contributed by atoms with Gasteiger partial charge < -0.3 is 11.1 Å². The molecule has 1 aromatic rings. The van der Waals surface area contributed by atoms with Crippen LogP contribution in [0.2, 0.25) is 0 Å². The summed E-state index contributed by atoms with van der Waals surface area (Å²) in [5, 5.41) is 2.56. The summed E-state index contributed by atoms with van der Waals surface area (Å²) in [4.78, 5) is 27.6. The maximum absolute atomic E-state index is 11.9. The quantitative estimate of drug-likeness (QED) is 0.797. The Labute approximate surface area is 113 Å². The highest BCUT2D eigenvalue weighted by molar-refractivity contribution is 9.10. The summed E-state index contributed by atoms with van der Waals surface area (Å²) in [6, 6.07) is 6.53. The summed E-state index contributed by atoms with van der Waals surface area (Å²) < 4.78 is 0.884. The molecule has 0 saturated heterocycles. The first-order valence-electron chi connectivity index (χ1n) is 5.43. The number of nitrogens with two attached hydrogens (primary N) is 1. The van der Waals surface area contributed by atoms with E-state index in [0.29, 0.717) is 5.56 Å². The van der Waals surface area contributed by atoms with E-state index in [4.69, 9.17) is 5.73 Å². The van der Waals surface area contributed by atoms with Gasteiger partial charge in [0, 0.05) is 4.47 Å². The highest BCUT2D eigenvalue weighted by atomic mass is 79.9. The van der Waals surface area contributed by atoms with Crippen molar-refractivity contribution in [3.63, 3.8) is 0 Å². The fourth-order valence-electron chi connectivity index (χ4n) is 1.69. The van der Waals surface area contributed by atoms with Crippen molar-refractivity contribution in [3.05, 3.63) is 34.3 Å². The van der Waals surface area contributed by atoms with Gasteiger partial charge in [-0.25, -0.2) is 0 Å². The maximum Gasteiger partial charge on any atom is 0.264 e. The van der Waals surface area contributed by atoms with Crippen LogP contribution in [0, 0.1) is 0 Å². The molecular formula is C12H12BrN3O2. The van der Waals surface area contributed by atoms with Crippen LogP contribution < -0.4 is 11.1 Å². The zero-order chi connectivity index (χ0) is 13.3. The molecule has 2 rings (SSSR count). The van der Waals surface area contributed by atoms with Gasteiger partial charge in [0.25, 0.3) is 5.91 Å². The number of carbonyl (C=O) groups excluding carboxylic acids is 2. The molecule has 2 amide bonds. The number of hydrogen-bond acceptors (Lipinski definition) is 3. The summed E-state index contributed by atoms with van der Waals surface area (Å²) in [6.45, 7) is 1.66. The van der Waals surface area contributed by atoms with Crippen LogP contribution in [0.4, 0.5) is 0 Å². The second-order valence-electron chi connectivity index (χ2n) is 4.10. The predicted octanol–water partition coefficient (Wildman–Crippen LogP) is 0.935. The second-order valence-corrected chi connectivity index (χ2v) is 5.01. The number of nitrogens with one attached hydrogen (secondary N) is 1. The highest BCUT2D eigenvalue weighted by Gasteiger charge is 2.33. The van der Waals surface area contributed by atoms with Crippen molar-refractivity contribution in [3.8, 4) is 0 Å². The van der Waals surface area contributed by atoms with Crippen LogP contribution in [0.1, 0.15) is 18.4 Å². The molecule has 0 bridgehead atoms. The van der Waals surface area contributed by atoms with Gasteiger partial charge in [0.05, 0.1) is 6.04 Å². The van der Waals surface area contributed by atoms with Crippen molar-refractivity contribution in [2.24, 2.45) is 10.7 Å². The van der Waals surface area contributed by atoms with Gasteiger partial charge in [0.2, 0.25) is 5.91 Å². The zero-order valence-corrected chi connectivity index (χ0v) is 11.3. The third-order valence-electron chi connectivity index (χ3n) is 2.63. The van der Waals surface area contributed by atoms with Gasteiger partial charge in [0.1, 0.15) is 11.8 Å². The van der Waals surface area contributed by atoms with Gasteiger partial charge in [-0.05, 0) is 24.6 Å². The number of halogens is 1. The van der Waals surface area contributed by atoms with Gasteiger partial charge in [-0.15, -0.1) is 0 Å². The summed E-state index contributed by atoms with van der Waals surface area (Å²) in [5.41, 5.74) is 6.21. The van der Waals surface area contributed by atoms with Crippen molar-refractivity contribution in [2.75, 3.05) is 0 Å². The Kier molecular flexibility index (Phi) is 3.58. The van der Waals surface area contributed by atoms with E-state index in [9.17, 15) is 9.59 Å². The molecule has 1 aliphatic rings. The van der Waals surface area contributed by atoms with E-state index >= 15 is 0 Å². The van der Waals surface area contributed by atoms with Gasteiger partial charge in [-0.2, -0.15) is 4.99 Å². The lowest BCUT2D eigenvalue weighted by Gasteiger charge is -2.22. The minimum atomic E-state index is -0.888. The van der Waals surface area contributed by atoms with Crippen LogP contribution in [0.5, 0.6) is 0 Å². The lowest BCUT2D eigenvalue weighted by molar-refractivity contribution is -0.129. The molecule has 2 unspecified atom stereocenters. The minimum absolute atomic E-state index is 0.221. The number of aliphatic imine (C=N–C) groups is 1. The fourth-order valence-corrected chi connectivity index (χ4v) is 1.95. The number of amidine groups is 1. The summed E-state index contributed by atoms with van der Waals surface area (Å²) >= 11 is 3.30. The third kappa shape index (κ3) is 2.49. The molecule has 3 N–H and O–H groups in total.